The molecule has 1 amide bonds. The zero-order chi connectivity index (χ0) is 12.5. The number of benzene rings is 1. The average Bonchev–Trinajstić information content (AvgIpc) is 2.86. The van der Waals surface area contributed by atoms with E-state index in [1.807, 2.05) is 18.2 Å². The molecule has 0 saturated carbocycles. The van der Waals surface area contributed by atoms with Crippen molar-refractivity contribution in [1.82, 2.24) is 4.90 Å². The molecule has 1 saturated heterocycles. The summed E-state index contributed by atoms with van der Waals surface area (Å²) in [7, 11) is 0. The predicted octanol–water partition coefficient (Wildman–Crippen LogP) is 1.01. The van der Waals surface area contributed by atoms with Crippen molar-refractivity contribution in [3.8, 4) is 0 Å². The molecule has 1 fully saturated rings. The standard InChI is InChI=1S/C14H18N2O2/c17-9-11-5-3-7-16(11)13-8-10-4-1-2-6-12(10)15-14(13)18/h1-2,4,6,11,13,17H,3,5,7-9H2,(H,15,18)/t11-,13?/m0/s1. The molecule has 2 heterocycles. The second-order valence-corrected chi connectivity index (χ2v) is 5.08. The van der Waals surface area contributed by atoms with Gasteiger partial charge in [-0.2, -0.15) is 0 Å². The van der Waals surface area contributed by atoms with E-state index in [4.69, 9.17) is 0 Å². The van der Waals surface area contributed by atoms with Crippen molar-refractivity contribution < 1.29 is 9.90 Å². The van der Waals surface area contributed by atoms with Gasteiger partial charge < -0.3 is 10.4 Å². The number of aliphatic hydroxyl groups excluding tert-OH is 1. The fourth-order valence-electron chi connectivity index (χ4n) is 3.07. The van der Waals surface area contributed by atoms with E-state index in [1.54, 1.807) is 0 Å². The minimum Gasteiger partial charge on any atom is -0.395 e. The highest BCUT2D eigenvalue weighted by molar-refractivity contribution is 5.98. The summed E-state index contributed by atoms with van der Waals surface area (Å²) in [5.74, 6) is 0.0639. The number of likely N-dealkylation sites (tertiary alicyclic amines) is 1. The Morgan fingerprint density at radius 2 is 2.22 bits per heavy atom. The van der Waals surface area contributed by atoms with Crippen molar-refractivity contribution in [2.75, 3.05) is 18.5 Å². The van der Waals surface area contributed by atoms with Gasteiger partial charge in [0.25, 0.3) is 0 Å². The van der Waals surface area contributed by atoms with Crippen LogP contribution in [0.2, 0.25) is 0 Å². The molecule has 18 heavy (non-hydrogen) atoms. The number of rotatable bonds is 2. The molecule has 0 radical (unpaired) electrons. The molecule has 4 heteroatoms. The van der Waals surface area contributed by atoms with Crippen LogP contribution in [0.4, 0.5) is 5.69 Å². The van der Waals surface area contributed by atoms with E-state index in [0.29, 0.717) is 0 Å². The SMILES string of the molecule is O=C1Nc2ccccc2CC1N1CCC[C@H]1CO. The molecular weight excluding hydrogens is 228 g/mol. The van der Waals surface area contributed by atoms with Crippen LogP contribution in [0.25, 0.3) is 0 Å². The van der Waals surface area contributed by atoms with Gasteiger partial charge in [0.05, 0.1) is 12.6 Å². The minimum atomic E-state index is -0.125. The summed E-state index contributed by atoms with van der Waals surface area (Å²) in [5.41, 5.74) is 2.11. The van der Waals surface area contributed by atoms with Crippen LogP contribution in [-0.2, 0) is 11.2 Å². The Bertz CT molecular complexity index is 461. The van der Waals surface area contributed by atoms with Gasteiger partial charge in [-0.05, 0) is 37.4 Å². The number of fused-ring (bicyclic) bond motifs is 1. The fourth-order valence-corrected chi connectivity index (χ4v) is 3.07. The highest BCUT2D eigenvalue weighted by Gasteiger charge is 2.36. The maximum Gasteiger partial charge on any atom is 0.242 e. The molecule has 1 unspecified atom stereocenters. The van der Waals surface area contributed by atoms with E-state index in [2.05, 4.69) is 16.3 Å². The molecule has 1 aromatic carbocycles. The average molecular weight is 246 g/mol. The Balaban J connectivity index is 1.84. The lowest BCUT2D eigenvalue weighted by atomic mass is 9.97. The van der Waals surface area contributed by atoms with Gasteiger partial charge in [0.2, 0.25) is 5.91 Å². The molecule has 2 aliphatic rings. The van der Waals surface area contributed by atoms with E-state index < -0.39 is 0 Å². The Morgan fingerprint density at radius 1 is 1.39 bits per heavy atom. The molecule has 3 rings (SSSR count). The molecule has 0 aromatic heterocycles. The van der Waals surface area contributed by atoms with Crippen molar-refractivity contribution in [2.45, 2.75) is 31.3 Å². The highest BCUT2D eigenvalue weighted by Crippen LogP contribution is 2.28. The van der Waals surface area contributed by atoms with E-state index in [0.717, 1.165) is 31.5 Å². The molecular formula is C14H18N2O2. The summed E-state index contributed by atoms with van der Waals surface area (Å²) in [6.07, 6.45) is 2.80. The van der Waals surface area contributed by atoms with Gasteiger partial charge in [0.15, 0.2) is 0 Å². The summed E-state index contributed by atoms with van der Waals surface area (Å²) >= 11 is 0. The number of nitrogens with one attached hydrogen (secondary N) is 1. The van der Waals surface area contributed by atoms with E-state index >= 15 is 0 Å². The first kappa shape index (κ1) is 11.7. The number of anilines is 1. The van der Waals surface area contributed by atoms with Crippen molar-refractivity contribution in [2.24, 2.45) is 0 Å². The molecule has 2 atom stereocenters. The highest BCUT2D eigenvalue weighted by atomic mass is 16.3. The van der Waals surface area contributed by atoms with Gasteiger partial charge >= 0.3 is 0 Å². The van der Waals surface area contributed by atoms with Gasteiger partial charge in [0, 0.05) is 11.7 Å². The van der Waals surface area contributed by atoms with Crippen LogP contribution in [0, 0.1) is 0 Å². The second-order valence-electron chi connectivity index (χ2n) is 5.08. The third-order valence-electron chi connectivity index (χ3n) is 4.02. The number of hydrogen-bond acceptors (Lipinski definition) is 3. The molecule has 0 aliphatic carbocycles. The number of aliphatic hydroxyl groups is 1. The lowest BCUT2D eigenvalue weighted by molar-refractivity contribution is -0.122. The predicted molar refractivity (Wildman–Crippen MR) is 69.4 cm³/mol. The Morgan fingerprint density at radius 3 is 3.06 bits per heavy atom. The number of carbonyl (C=O) groups is 1. The zero-order valence-corrected chi connectivity index (χ0v) is 10.3. The van der Waals surface area contributed by atoms with Crippen LogP contribution in [0.5, 0.6) is 0 Å². The molecule has 0 spiro atoms. The monoisotopic (exact) mass is 246 g/mol. The van der Waals surface area contributed by atoms with E-state index in [1.165, 1.54) is 5.56 Å². The van der Waals surface area contributed by atoms with Gasteiger partial charge in [-0.1, -0.05) is 18.2 Å². The van der Waals surface area contributed by atoms with Crippen molar-refractivity contribution in [3.05, 3.63) is 29.8 Å². The number of para-hydroxylation sites is 1. The largest absolute Gasteiger partial charge is 0.395 e. The lowest BCUT2D eigenvalue weighted by Crippen LogP contribution is -2.50. The normalized spacial score (nSPS) is 27.9. The maximum absolute atomic E-state index is 12.2. The summed E-state index contributed by atoms with van der Waals surface area (Å²) in [5, 5.41) is 12.3. The molecule has 96 valence electrons. The summed E-state index contributed by atoms with van der Waals surface area (Å²) < 4.78 is 0. The Labute approximate surface area is 107 Å². The third kappa shape index (κ3) is 1.91. The number of hydrogen-bond donors (Lipinski definition) is 2. The molecule has 2 aliphatic heterocycles. The van der Waals surface area contributed by atoms with E-state index in [9.17, 15) is 9.90 Å². The third-order valence-corrected chi connectivity index (χ3v) is 4.02. The van der Waals surface area contributed by atoms with Gasteiger partial charge in [0.1, 0.15) is 0 Å². The maximum atomic E-state index is 12.2. The second kappa shape index (κ2) is 4.71. The quantitative estimate of drug-likeness (QED) is 0.818. The molecule has 1 aromatic rings. The van der Waals surface area contributed by atoms with Crippen LogP contribution in [-0.4, -0.2) is 41.1 Å². The summed E-state index contributed by atoms with van der Waals surface area (Å²) in [6, 6.07) is 7.96. The molecule has 4 nitrogen and oxygen atoms in total. The molecule has 0 bridgehead atoms. The summed E-state index contributed by atoms with van der Waals surface area (Å²) in [4.78, 5) is 14.3. The van der Waals surface area contributed by atoms with Crippen LogP contribution in [0.15, 0.2) is 24.3 Å². The van der Waals surface area contributed by atoms with Crippen LogP contribution in [0.1, 0.15) is 18.4 Å². The Hall–Kier alpha value is -1.39. The van der Waals surface area contributed by atoms with Gasteiger partial charge in [-0.15, -0.1) is 0 Å². The zero-order valence-electron chi connectivity index (χ0n) is 10.3. The van der Waals surface area contributed by atoms with Crippen molar-refractivity contribution in [1.29, 1.82) is 0 Å². The van der Waals surface area contributed by atoms with Crippen molar-refractivity contribution in [3.63, 3.8) is 0 Å². The van der Waals surface area contributed by atoms with E-state index in [-0.39, 0.29) is 24.6 Å². The number of nitrogens with zero attached hydrogens (tertiary/aromatic N) is 1. The van der Waals surface area contributed by atoms with Gasteiger partial charge in [-0.25, -0.2) is 0 Å². The fraction of sp³-hybridized carbons (Fsp3) is 0.500. The molecule has 2 N–H and O–H groups in total. The van der Waals surface area contributed by atoms with Gasteiger partial charge in [-0.3, -0.25) is 9.69 Å². The first-order valence-electron chi connectivity index (χ1n) is 6.55. The van der Waals surface area contributed by atoms with Crippen LogP contribution >= 0.6 is 0 Å². The smallest absolute Gasteiger partial charge is 0.242 e. The first-order chi connectivity index (χ1) is 8.79. The van der Waals surface area contributed by atoms with Crippen LogP contribution < -0.4 is 5.32 Å². The summed E-state index contributed by atoms with van der Waals surface area (Å²) in [6.45, 7) is 1.05. The topological polar surface area (TPSA) is 52.6 Å². The number of amides is 1. The lowest BCUT2D eigenvalue weighted by Gasteiger charge is -2.34. The Kier molecular flexibility index (Phi) is 3.06. The minimum absolute atomic E-state index is 0.0639. The van der Waals surface area contributed by atoms with Crippen LogP contribution in [0.3, 0.4) is 0 Å². The number of carbonyl (C=O) groups excluding carboxylic acids is 1. The van der Waals surface area contributed by atoms with Crippen molar-refractivity contribution >= 4 is 11.6 Å². The first-order valence-corrected chi connectivity index (χ1v) is 6.55.